The standard InChI is InChI=1S/C13H23F3N2O3S/c1-12(2,3)6-10(13(14,15)16)18-11(19)17-7-9-4-5-22(20,21)8-9/h9-10H,4-8H2,1-3H3,(H2,17,18,19)/t9-,10+/m0/s1. The lowest BCUT2D eigenvalue weighted by Crippen LogP contribution is -2.51. The van der Waals surface area contributed by atoms with E-state index in [0.29, 0.717) is 6.42 Å². The Morgan fingerprint density at radius 3 is 2.27 bits per heavy atom. The van der Waals surface area contributed by atoms with Crippen LogP contribution in [0.15, 0.2) is 0 Å². The molecule has 0 aromatic carbocycles. The van der Waals surface area contributed by atoms with Crippen molar-refractivity contribution in [3.8, 4) is 0 Å². The predicted octanol–water partition coefficient (Wildman–Crippen LogP) is 2.09. The molecule has 1 aliphatic heterocycles. The van der Waals surface area contributed by atoms with Gasteiger partial charge >= 0.3 is 12.2 Å². The van der Waals surface area contributed by atoms with E-state index in [4.69, 9.17) is 0 Å². The van der Waals surface area contributed by atoms with E-state index in [1.165, 1.54) is 0 Å². The maximum atomic E-state index is 12.9. The van der Waals surface area contributed by atoms with Crippen molar-refractivity contribution >= 4 is 15.9 Å². The molecule has 0 aromatic heterocycles. The molecule has 0 unspecified atom stereocenters. The van der Waals surface area contributed by atoms with E-state index in [1.807, 2.05) is 5.32 Å². The molecule has 2 amide bonds. The highest BCUT2D eigenvalue weighted by molar-refractivity contribution is 7.91. The fourth-order valence-corrected chi connectivity index (χ4v) is 4.20. The number of sulfone groups is 1. The molecule has 2 atom stereocenters. The summed E-state index contributed by atoms with van der Waals surface area (Å²) in [4.78, 5) is 11.6. The van der Waals surface area contributed by atoms with Crippen LogP contribution in [-0.2, 0) is 9.84 Å². The van der Waals surface area contributed by atoms with E-state index in [2.05, 4.69) is 5.32 Å². The predicted molar refractivity (Wildman–Crippen MR) is 77.2 cm³/mol. The van der Waals surface area contributed by atoms with Gasteiger partial charge in [0.2, 0.25) is 0 Å². The van der Waals surface area contributed by atoms with Crippen molar-refractivity contribution in [2.45, 2.75) is 45.8 Å². The summed E-state index contributed by atoms with van der Waals surface area (Å²) in [7, 11) is -3.07. The van der Waals surface area contributed by atoms with Gasteiger partial charge in [0, 0.05) is 6.54 Å². The maximum Gasteiger partial charge on any atom is 0.408 e. The van der Waals surface area contributed by atoms with Crippen LogP contribution in [0.2, 0.25) is 0 Å². The molecule has 1 heterocycles. The molecular formula is C13H23F3N2O3S. The zero-order valence-corrected chi connectivity index (χ0v) is 13.8. The van der Waals surface area contributed by atoms with Crippen LogP contribution in [-0.4, -0.2) is 44.7 Å². The molecular weight excluding hydrogens is 321 g/mol. The third-order valence-electron chi connectivity index (χ3n) is 3.39. The topological polar surface area (TPSA) is 75.3 Å². The number of alkyl halides is 3. The maximum absolute atomic E-state index is 12.9. The molecule has 1 fully saturated rings. The van der Waals surface area contributed by atoms with Gasteiger partial charge in [-0.25, -0.2) is 13.2 Å². The number of urea groups is 1. The van der Waals surface area contributed by atoms with E-state index >= 15 is 0 Å². The normalized spacial score (nSPS) is 23.1. The van der Waals surface area contributed by atoms with Gasteiger partial charge in [0.25, 0.3) is 0 Å². The summed E-state index contributed by atoms with van der Waals surface area (Å²) in [5.41, 5.74) is -0.590. The zero-order valence-electron chi connectivity index (χ0n) is 13.0. The molecule has 1 rings (SSSR count). The Bertz CT molecular complexity index is 498. The first-order valence-electron chi connectivity index (χ1n) is 7.10. The van der Waals surface area contributed by atoms with Crippen molar-refractivity contribution in [2.75, 3.05) is 18.1 Å². The second kappa shape index (κ2) is 6.64. The van der Waals surface area contributed by atoms with Gasteiger partial charge in [0.15, 0.2) is 9.84 Å². The van der Waals surface area contributed by atoms with Gasteiger partial charge in [-0.1, -0.05) is 20.8 Å². The van der Waals surface area contributed by atoms with Crippen molar-refractivity contribution in [3.63, 3.8) is 0 Å². The molecule has 22 heavy (non-hydrogen) atoms. The first kappa shape index (κ1) is 19.1. The Labute approximate surface area is 128 Å². The number of nitrogens with one attached hydrogen (secondary N) is 2. The molecule has 0 saturated carbocycles. The molecule has 0 bridgehead atoms. The molecule has 2 N–H and O–H groups in total. The van der Waals surface area contributed by atoms with Crippen molar-refractivity contribution < 1.29 is 26.4 Å². The van der Waals surface area contributed by atoms with E-state index in [0.717, 1.165) is 0 Å². The van der Waals surface area contributed by atoms with Gasteiger partial charge in [-0.3, -0.25) is 0 Å². The third kappa shape index (κ3) is 6.85. The number of carbonyl (C=O) groups excluding carboxylic acids is 1. The molecule has 0 radical (unpaired) electrons. The van der Waals surface area contributed by atoms with Crippen LogP contribution < -0.4 is 10.6 Å². The molecule has 1 aliphatic rings. The lowest BCUT2D eigenvalue weighted by atomic mass is 9.88. The fraction of sp³-hybridized carbons (Fsp3) is 0.923. The van der Waals surface area contributed by atoms with Crippen molar-refractivity contribution in [3.05, 3.63) is 0 Å². The SMILES string of the molecule is CC(C)(C)C[C@@H](NC(=O)NC[C@@H]1CCS(=O)(=O)C1)C(F)(F)F. The van der Waals surface area contributed by atoms with Gasteiger partial charge < -0.3 is 10.6 Å². The molecule has 130 valence electrons. The van der Waals surface area contributed by atoms with Gasteiger partial charge in [0.05, 0.1) is 11.5 Å². The van der Waals surface area contributed by atoms with Crippen LogP contribution in [0.5, 0.6) is 0 Å². The lowest BCUT2D eigenvalue weighted by Gasteiger charge is -2.28. The number of rotatable bonds is 4. The Kier molecular flexibility index (Phi) is 5.75. The molecule has 1 saturated heterocycles. The summed E-state index contributed by atoms with van der Waals surface area (Å²) in [6.45, 7) is 5.04. The van der Waals surface area contributed by atoms with E-state index in [9.17, 15) is 26.4 Å². The second-order valence-electron chi connectivity index (χ2n) is 6.98. The highest BCUT2D eigenvalue weighted by Crippen LogP contribution is 2.30. The van der Waals surface area contributed by atoms with Crippen LogP contribution in [0.4, 0.5) is 18.0 Å². The Balaban J connectivity index is 2.50. The first-order chi connectivity index (χ1) is 9.78. The van der Waals surface area contributed by atoms with Crippen LogP contribution in [0, 0.1) is 11.3 Å². The van der Waals surface area contributed by atoms with Crippen LogP contribution in [0.25, 0.3) is 0 Å². The fourth-order valence-electron chi connectivity index (χ4n) is 2.34. The summed E-state index contributed by atoms with van der Waals surface area (Å²) in [5, 5.41) is 4.27. The van der Waals surface area contributed by atoms with Crippen molar-refractivity contribution in [1.82, 2.24) is 10.6 Å². The number of amides is 2. The molecule has 0 spiro atoms. The van der Waals surface area contributed by atoms with Crippen molar-refractivity contribution in [1.29, 1.82) is 0 Å². The van der Waals surface area contributed by atoms with E-state index in [-0.39, 0.29) is 30.4 Å². The van der Waals surface area contributed by atoms with Crippen molar-refractivity contribution in [2.24, 2.45) is 11.3 Å². The summed E-state index contributed by atoms with van der Waals surface area (Å²) in [6, 6.07) is -2.85. The van der Waals surface area contributed by atoms with Crippen LogP contribution in [0.1, 0.15) is 33.6 Å². The minimum absolute atomic E-state index is 0.0298. The molecule has 9 heteroatoms. The Hall–Kier alpha value is -0.990. The van der Waals surface area contributed by atoms with Gasteiger partial charge in [-0.15, -0.1) is 0 Å². The number of hydrogen-bond donors (Lipinski definition) is 2. The summed E-state index contributed by atoms with van der Waals surface area (Å²) in [6.07, 6.45) is -4.34. The number of halogens is 3. The van der Waals surface area contributed by atoms with Gasteiger partial charge in [0.1, 0.15) is 6.04 Å². The summed E-state index contributed by atoms with van der Waals surface area (Å²) in [5.74, 6) is -0.198. The molecule has 5 nitrogen and oxygen atoms in total. The largest absolute Gasteiger partial charge is 0.408 e. The molecule has 0 aromatic rings. The number of carbonyl (C=O) groups is 1. The molecule has 0 aliphatic carbocycles. The highest BCUT2D eigenvalue weighted by Gasteiger charge is 2.42. The quantitative estimate of drug-likeness (QED) is 0.820. The Morgan fingerprint density at radius 2 is 1.86 bits per heavy atom. The zero-order chi connectivity index (χ0) is 17.2. The monoisotopic (exact) mass is 344 g/mol. The van der Waals surface area contributed by atoms with Gasteiger partial charge in [-0.05, 0) is 24.2 Å². The third-order valence-corrected chi connectivity index (χ3v) is 5.23. The minimum atomic E-state index is -4.53. The summed E-state index contributed by atoms with van der Waals surface area (Å²) >= 11 is 0. The smallest absolute Gasteiger partial charge is 0.338 e. The number of hydrogen-bond acceptors (Lipinski definition) is 3. The Morgan fingerprint density at radius 1 is 1.27 bits per heavy atom. The lowest BCUT2D eigenvalue weighted by molar-refractivity contribution is -0.159. The van der Waals surface area contributed by atoms with E-state index in [1.54, 1.807) is 20.8 Å². The van der Waals surface area contributed by atoms with Gasteiger partial charge in [-0.2, -0.15) is 13.2 Å². The highest BCUT2D eigenvalue weighted by atomic mass is 32.2. The van der Waals surface area contributed by atoms with E-state index < -0.39 is 33.5 Å². The van der Waals surface area contributed by atoms with Crippen LogP contribution in [0.3, 0.4) is 0 Å². The van der Waals surface area contributed by atoms with Crippen LogP contribution >= 0.6 is 0 Å². The average molecular weight is 344 g/mol. The average Bonchev–Trinajstić information content (AvgIpc) is 2.62. The first-order valence-corrected chi connectivity index (χ1v) is 8.92. The minimum Gasteiger partial charge on any atom is -0.338 e. The second-order valence-corrected chi connectivity index (χ2v) is 9.21. The summed E-state index contributed by atoms with van der Waals surface area (Å²) < 4.78 is 61.3.